The van der Waals surface area contributed by atoms with Crippen LogP contribution >= 0.6 is 23.2 Å². The summed E-state index contributed by atoms with van der Waals surface area (Å²) in [6.45, 7) is 0.518. The molecule has 0 amide bonds. The molecule has 0 aromatic heterocycles. The van der Waals surface area contributed by atoms with E-state index in [0.29, 0.717) is 32.5 Å². The summed E-state index contributed by atoms with van der Waals surface area (Å²) in [4.78, 5) is 26.9. The average Bonchev–Trinajstić information content (AvgIpc) is 3.31. The third kappa shape index (κ3) is 4.55. The molecule has 5 rings (SSSR count). The Morgan fingerprint density at radius 3 is 2.10 bits per heavy atom. The molecule has 0 atom stereocenters. The highest BCUT2D eigenvalue weighted by molar-refractivity contribution is 6.31. The maximum atomic E-state index is 11.5. The van der Waals surface area contributed by atoms with Crippen LogP contribution in [0.4, 0.5) is 11.4 Å². The van der Waals surface area contributed by atoms with E-state index in [1.807, 2.05) is 30.3 Å². The number of esters is 2. The minimum absolute atomic E-state index is 0.257. The molecule has 3 aromatic rings. The summed E-state index contributed by atoms with van der Waals surface area (Å²) in [5, 5.41) is 0.947. The molecule has 0 aliphatic carbocycles. The summed E-state index contributed by atoms with van der Waals surface area (Å²) in [7, 11) is 0. The number of halogens is 2. The smallest absolute Gasteiger partial charge is 0.339 e. The lowest BCUT2D eigenvalue weighted by Gasteiger charge is -2.01. The van der Waals surface area contributed by atoms with E-state index in [1.165, 1.54) is 0 Å². The summed E-state index contributed by atoms with van der Waals surface area (Å²) in [6.07, 6.45) is 1.74. The van der Waals surface area contributed by atoms with Crippen LogP contribution < -0.4 is 5.73 Å². The Morgan fingerprint density at radius 2 is 1.42 bits per heavy atom. The Hall–Kier alpha value is -3.35. The first-order valence-corrected chi connectivity index (χ1v) is 10.0. The zero-order valence-corrected chi connectivity index (χ0v) is 17.6. The number of benzene rings is 3. The number of anilines is 1. The van der Waals surface area contributed by atoms with Crippen LogP contribution in [0.5, 0.6) is 0 Å². The van der Waals surface area contributed by atoms with Crippen LogP contribution in [0.15, 0.2) is 59.6 Å². The second-order valence-electron chi connectivity index (χ2n) is 6.79. The van der Waals surface area contributed by atoms with Crippen LogP contribution in [-0.4, -0.2) is 18.2 Å². The lowest BCUT2D eigenvalue weighted by atomic mass is 10.1. The minimum Gasteiger partial charge on any atom is -0.457 e. The van der Waals surface area contributed by atoms with Crippen molar-refractivity contribution in [2.75, 3.05) is 5.73 Å². The molecule has 2 aliphatic rings. The van der Waals surface area contributed by atoms with Crippen LogP contribution in [0.1, 0.15) is 37.4 Å². The number of nitrogens with zero attached hydrogens (tertiary/aromatic N) is 1. The zero-order chi connectivity index (χ0) is 22.0. The fourth-order valence-corrected chi connectivity index (χ4v) is 3.63. The van der Waals surface area contributed by atoms with Gasteiger partial charge in [0, 0.05) is 33.1 Å². The molecule has 6 nitrogen and oxygen atoms in total. The molecule has 2 aliphatic heterocycles. The Balaban J connectivity index is 0.000000166. The van der Waals surface area contributed by atoms with Crippen molar-refractivity contribution in [2.45, 2.75) is 13.2 Å². The van der Waals surface area contributed by atoms with Crippen molar-refractivity contribution in [1.82, 2.24) is 0 Å². The van der Waals surface area contributed by atoms with Gasteiger partial charge in [0.1, 0.15) is 13.2 Å². The number of carbonyl (C=O) groups excluding carboxylic acids is 2. The Morgan fingerprint density at radius 1 is 0.839 bits per heavy atom. The molecule has 0 unspecified atom stereocenters. The SMILES string of the molecule is Nc1cc(Cl)cc2c1COC2=O.O=C1OCc2c(N=Cc3ccccc3)cc(Cl)cc21. The molecule has 2 heterocycles. The second kappa shape index (κ2) is 8.79. The van der Waals surface area contributed by atoms with Crippen LogP contribution in [-0.2, 0) is 22.7 Å². The van der Waals surface area contributed by atoms with Gasteiger partial charge in [-0.3, -0.25) is 4.99 Å². The maximum Gasteiger partial charge on any atom is 0.339 e. The lowest BCUT2D eigenvalue weighted by Crippen LogP contribution is -1.95. The highest BCUT2D eigenvalue weighted by atomic mass is 35.5. The summed E-state index contributed by atoms with van der Waals surface area (Å²) in [6, 6.07) is 16.3. The first-order valence-electron chi connectivity index (χ1n) is 9.26. The third-order valence-corrected chi connectivity index (χ3v) is 5.16. The molecule has 3 aromatic carbocycles. The summed E-state index contributed by atoms with van der Waals surface area (Å²) < 4.78 is 9.78. The standard InChI is InChI=1S/C15H10ClNO2.C8H6ClNO2/c16-11-6-12-13(9-19-15(12)18)14(7-11)17-8-10-4-2-1-3-5-10;9-4-1-5-6(7(10)2-4)3-12-8(5)11/h1-8H,9H2;1-2H,3,10H2. The highest BCUT2D eigenvalue weighted by Crippen LogP contribution is 2.33. The molecule has 156 valence electrons. The molecule has 0 fully saturated rings. The molecule has 2 N–H and O–H groups in total. The van der Waals surface area contributed by atoms with Gasteiger partial charge in [-0.05, 0) is 29.8 Å². The molecule has 0 saturated carbocycles. The van der Waals surface area contributed by atoms with Gasteiger partial charge in [0.2, 0.25) is 0 Å². The van der Waals surface area contributed by atoms with E-state index in [0.717, 1.165) is 16.7 Å². The Bertz CT molecular complexity index is 1210. The van der Waals surface area contributed by atoms with E-state index >= 15 is 0 Å². The predicted octanol–water partition coefficient (Wildman–Crippen LogP) is 5.35. The van der Waals surface area contributed by atoms with Crippen molar-refractivity contribution in [3.05, 3.63) is 92.5 Å². The quantitative estimate of drug-likeness (QED) is 0.320. The van der Waals surface area contributed by atoms with Crippen LogP contribution in [0, 0.1) is 0 Å². The molecule has 8 heteroatoms. The number of aliphatic imine (C=N–C) groups is 1. The number of nitrogens with two attached hydrogens (primary N) is 1. The molecule has 0 spiro atoms. The number of hydrogen-bond donors (Lipinski definition) is 1. The van der Waals surface area contributed by atoms with Gasteiger partial charge >= 0.3 is 11.9 Å². The fraction of sp³-hybridized carbons (Fsp3) is 0.0870. The number of hydrogen-bond acceptors (Lipinski definition) is 6. The first-order chi connectivity index (χ1) is 14.9. The molecular formula is C23H16Cl2N2O4. The number of carbonyl (C=O) groups is 2. The summed E-state index contributed by atoms with van der Waals surface area (Å²) in [5.41, 5.74) is 10.3. The highest BCUT2D eigenvalue weighted by Gasteiger charge is 2.25. The van der Waals surface area contributed by atoms with Crippen molar-refractivity contribution in [2.24, 2.45) is 4.99 Å². The van der Waals surface area contributed by atoms with Crippen molar-refractivity contribution >= 4 is 52.7 Å². The molecule has 0 saturated heterocycles. The van der Waals surface area contributed by atoms with Gasteiger partial charge in [-0.15, -0.1) is 0 Å². The van der Waals surface area contributed by atoms with E-state index in [9.17, 15) is 9.59 Å². The number of cyclic esters (lactones) is 2. The second-order valence-corrected chi connectivity index (χ2v) is 7.67. The van der Waals surface area contributed by atoms with E-state index in [1.54, 1.807) is 30.5 Å². The minimum atomic E-state index is -0.348. The summed E-state index contributed by atoms with van der Waals surface area (Å²) >= 11 is 11.7. The van der Waals surface area contributed by atoms with E-state index in [-0.39, 0.29) is 25.2 Å². The number of fused-ring (bicyclic) bond motifs is 2. The number of nitrogen functional groups attached to an aromatic ring is 1. The van der Waals surface area contributed by atoms with Gasteiger partial charge in [0.15, 0.2) is 0 Å². The molecular weight excluding hydrogens is 439 g/mol. The zero-order valence-electron chi connectivity index (χ0n) is 16.1. The lowest BCUT2D eigenvalue weighted by molar-refractivity contribution is 0.0526. The number of ether oxygens (including phenoxy) is 2. The Labute approximate surface area is 188 Å². The Kier molecular flexibility index (Phi) is 5.93. The van der Waals surface area contributed by atoms with Crippen LogP contribution in [0.25, 0.3) is 0 Å². The largest absolute Gasteiger partial charge is 0.457 e. The average molecular weight is 455 g/mol. The first kappa shape index (κ1) is 20.9. The van der Waals surface area contributed by atoms with Gasteiger partial charge in [-0.25, -0.2) is 9.59 Å². The maximum absolute atomic E-state index is 11.5. The van der Waals surface area contributed by atoms with Crippen molar-refractivity contribution in [3.8, 4) is 0 Å². The van der Waals surface area contributed by atoms with Gasteiger partial charge in [0.05, 0.1) is 16.8 Å². The predicted molar refractivity (Wildman–Crippen MR) is 119 cm³/mol. The van der Waals surface area contributed by atoms with Gasteiger partial charge in [-0.1, -0.05) is 53.5 Å². The van der Waals surface area contributed by atoms with E-state index in [2.05, 4.69) is 4.99 Å². The topological polar surface area (TPSA) is 91.0 Å². The monoisotopic (exact) mass is 454 g/mol. The van der Waals surface area contributed by atoms with Crippen molar-refractivity contribution in [1.29, 1.82) is 0 Å². The van der Waals surface area contributed by atoms with Gasteiger partial charge < -0.3 is 15.2 Å². The van der Waals surface area contributed by atoms with Gasteiger partial charge in [0.25, 0.3) is 0 Å². The van der Waals surface area contributed by atoms with E-state index in [4.69, 9.17) is 38.4 Å². The van der Waals surface area contributed by atoms with Crippen molar-refractivity contribution < 1.29 is 19.1 Å². The third-order valence-electron chi connectivity index (χ3n) is 4.73. The van der Waals surface area contributed by atoms with Crippen LogP contribution in [0.3, 0.4) is 0 Å². The van der Waals surface area contributed by atoms with Crippen LogP contribution in [0.2, 0.25) is 10.0 Å². The normalized spacial score (nSPS) is 13.9. The fourth-order valence-electron chi connectivity index (χ4n) is 3.19. The molecule has 0 radical (unpaired) electrons. The molecule has 31 heavy (non-hydrogen) atoms. The summed E-state index contributed by atoms with van der Waals surface area (Å²) in [5.74, 6) is -0.687. The van der Waals surface area contributed by atoms with Crippen molar-refractivity contribution in [3.63, 3.8) is 0 Å². The van der Waals surface area contributed by atoms with E-state index < -0.39 is 0 Å². The number of rotatable bonds is 2. The molecule has 0 bridgehead atoms. The van der Waals surface area contributed by atoms with Gasteiger partial charge in [-0.2, -0.15) is 0 Å².